The van der Waals surface area contributed by atoms with Crippen molar-refractivity contribution in [2.45, 2.75) is 72.0 Å². The molecule has 2 amide bonds. The Balaban J connectivity index is 0.000000368. The minimum absolute atomic E-state index is 0.00593. The first kappa shape index (κ1) is 38.0. The van der Waals surface area contributed by atoms with E-state index in [9.17, 15) is 31.5 Å². The van der Waals surface area contributed by atoms with Crippen LogP contribution in [0.15, 0.2) is 47.2 Å². The number of benzene rings is 1. The number of carbonyl (C=O) groups is 2. The Bertz CT molecular complexity index is 1510. The number of pyridine rings is 2. The van der Waals surface area contributed by atoms with Gasteiger partial charge in [-0.05, 0) is 81.7 Å². The third-order valence-corrected chi connectivity index (χ3v) is 5.64. The topological polar surface area (TPSA) is 124 Å². The molecule has 0 fully saturated rings. The maximum Gasteiger partial charge on any atom is 0.418 e. The molecule has 0 saturated heterocycles. The normalized spacial score (nSPS) is 11.5. The van der Waals surface area contributed by atoms with Gasteiger partial charge in [-0.15, -0.1) is 0 Å². The van der Waals surface area contributed by atoms with E-state index in [0.29, 0.717) is 4.47 Å². The molecule has 0 saturated carbocycles. The molecule has 3 aromatic rings. The summed E-state index contributed by atoms with van der Waals surface area (Å²) in [7, 11) is 1.26. The number of alkyl carbamates (subject to hydrolysis) is 2. The number of nitrogens with zero attached hydrogens (tertiary/aromatic N) is 2. The summed E-state index contributed by atoms with van der Waals surface area (Å²) < 4.78 is 82.8. The fraction of sp³-hybridized carbons (Fsp3) is 0.400. The molecular formula is C30H35BrF5N5O5. The highest BCUT2D eigenvalue weighted by Gasteiger charge is 2.34. The molecule has 46 heavy (non-hydrogen) atoms. The smallest absolute Gasteiger partial charge is 0.418 e. The monoisotopic (exact) mass is 719 g/mol. The van der Waals surface area contributed by atoms with Gasteiger partial charge in [0.25, 0.3) is 0 Å². The predicted octanol–water partition coefficient (Wildman–Crippen LogP) is 8.02. The van der Waals surface area contributed by atoms with Gasteiger partial charge in [-0.1, -0.05) is 0 Å². The van der Waals surface area contributed by atoms with Crippen LogP contribution in [0.25, 0.3) is 0 Å². The number of alkyl halides is 3. The van der Waals surface area contributed by atoms with Crippen LogP contribution in [0.5, 0.6) is 5.75 Å². The lowest BCUT2D eigenvalue weighted by molar-refractivity contribution is -0.137. The van der Waals surface area contributed by atoms with E-state index in [1.165, 1.54) is 37.7 Å². The zero-order chi connectivity index (χ0) is 34.9. The van der Waals surface area contributed by atoms with Crippen molar-refractivity contribution in [3.63, 3.8) is 0 Å². The zero-order valence-electron chi connectivity index (χ0n) is 26.2. The highest BCUT2D eigenvalue weighted by molar-refractivity contribution is 9.10. The molecule has 0 spiro atoms. The molecule has 0 atom stereocenters. The summed E-state index contributed by atoms with van der Waals surface area (Å²) in [6, 6.07) is 5.64. The Hall–Kier alpha value is -4.21. The number of rotatable bonds is 7. The molecule has 3 N–H and O–H groups in total. The SMILES string of the molecule is CC(C)(C)OC(=O)NCc1ncc(Br)cc1F.COc1ccc(Nc2cnc(CNC(=O)OC(C)(C)C)c(F)c2)c(C(F)(F)F)c1. The number of nitrogens with one attached hydrogen (secondary N) is 3. The van der Waals surface area contributed by atoms with Gasteiger partial charge in [0, 0.05) is 16.7 Å². The van der Waals surface area contributed by atoms with Crippen LogP contribution in [-0.4, -0.2) is 40.5 Å². The van der Waals surface area contributed by atoms with Gasteiger partial charge in [-0.25, -0.2) is 18.4 Å². The summed E-state index contributed by atoms with van der Waals surface area (Å²) in [5.74, 6) is -1.24. The molecule has 2 aromatic heterocycles. The van der Waals surface area contributed by atoms with Crippen molar-refractivity contribution in [3.05, 3.63) is 75.8 Å². The Morgan fingerprint density at radius 2 is 1.30 bits per heavy atom. The first-order valence-corrected chi connectivity index (χ1v) is 14.4. The number of hydrogen-bond donors (Lipinski definition) is 3. The van der Waals surface area contributed by atoms with Crippen molar-refractivity contribution < 1.29 is 45.8 Å². The Morgan fingerprint density at radius 1 is 0.804 bits per heavy atom. The maximum absolute atomic E-state index is 14.3. The molecule has 0 aliphatic heterocycles. The molecule has 0 unspecified atom stereocenters. The average molecular weight is 721 g/mol. The van der Waals surface area contributed by atoms with Crippen LogP contribution < -0.4 is 20.7 Å². The fourth-order valence-electron chi connectivity index (χ4n) is 3.33. The van der Waals surface area contributed by atoms with Crippen LogP contribution >= 0.6 is 15.9 Å². The lowest BCUT2D eigenvalue weighted by atomic mass is 10.1. The van der Waals surface area contributed by atoms with E-state index in [-0.39, 0.29) is 41.6 Å². The second kappa shape index (κ2) is 15.9. The third kappa shape index (κ3) is 13.4. The van der Waals surface area contributed by atoms with Gasteiger partial charge in [0.15, 0.2) is 0 Å². The molecule has 0 bridgehead atoms. The van der Waals surface area contributed by atoms with E-state index in [0.717, 1.165) is 12.1 Å². The number of aromatic nitrogens is 2. The van der Waals surface area contributed by atoms with Crippen LogP contribution in [0.3, 0.4) is 0 Å². The van der Waals surface area contributed by atoms with Crippen molar-refractivity contribution in [1.29, 1.82) is 0 Å². The molecule has 0 radical (unpaired) electrons. The standard InChI is InChI=1S/C19H21F4N3O3.C11H14BrFN2O2/c1-18(2,3)29-17(27)25-10-16-14(20)7-11(9-24-16)26-15-6-5-12(28-4)8-13(15)19(21,22)23;1-11(2,3)17-10(16)15-6-9-8(13)4-7(12)5-14-9/h5-9,26H,10H2,1-4H3,(H,25,27);4-5H,6H2,1-3H3,(H,15,16). The first-order chi connectivity index (χ1) is 21.2. The number of carbonyl (C=O) groups excluding carboxylic acids is 2. The van der Waals surface area contributed by atoms with Gasteiger partial charge in [0.1, 0.15) is 28.6 Å². The van der Waals surface area contributed by atoms with E-state index >= 15 is 0 Å². The van der Waals surface area contributed by atoms with Crippen molar-refractivity contribution in [3.8, 4) is 5.75 Å². The van der Waals surface area contributed by atoms with Gasteiger partial charge < -0.3 is 30.2 Å². The minimum Gasteiger partial charge on any atom is -0.497 e. The van der Waals surface area contributed by atoms with Crippen LogP contribution in [0.1, 0.15) is 58.5 Å². The number of ether oxygens (including phenoxy) is 3. The van der Waals surface area contributed by atoms with E-state index < -0.39 is 46.8 Å². The summed E-state index contributed by atoms with van der Waals surface area (Å²) >= 11 is 3.10. The first-order valence-electron chi connectivity index (χ1n) is 13.6. The molecule has 10 nitrogen and oxygen atoms in total. The Kier molecular flexibility index (Phi) is 13.1. The summed E-state index contributed by atoms with van der Waals surface area (Å²) in [5.41, 5.74) is -2.44. The second-order valence-electron chi connectivity index (χ2n) is 11.5. The van der Waals surface area contributed by atoms with Gasteiger partial charge >= 0.3 is 18.4 Å². The van der Waals surface area contributed by atoms with Gasteiger partial charge in [-0.2, -0.15) is 13.2 Å². The lowest BCUT2D eigenvalue weighted by Crippen LogP contribution is -2.32. The van der Waals surface area contributed by atoms with Gasteiger partial charge in [-0.3, -0.25) is 9.97 Å². The summed E-state index contributed by atoms with van der Waals surface area (Å²) in [6.45, 7) is 10.1. The molecule has 1 aromatic carbocycles. The molecule has 252 valence electrons. The van der Waals surface area contributed by atoms with Crippen LogP contribution in [-0.2, 0) is 28.7 Å². The second-order valence-corrected chi connectivity index (χ2v) is 12.4. The third-order valence-electron chi connectivity index (χ3n) is 5.21. The molecule has 16 heteroatoms. The average Bonchev–Trinajstić information content (AvgIpc) is 2.90. The number of halogens is 6. The largest absolute Gasteiger partial charge is 0.497 e. The van der Waals surface area contributed by atoms with Crippen molar-refractivity contribution in [2.24, 2.45) is 0 Å². The number of hydrogen-bond acceptors (Lipinski definition) is 8. The summed E-state index contributed by atoms with van der Waals surface area (Å²) in [4.78, 5) is 30.6. The number of amides is 2. The highest BCUT2D eigenvalue weighted by Crippen LogP contribution is 2.38. The van der Waals surface area contributed by atoms with E-state index in [2.05, 4.69) is 41.8 Å². The molecule has 0 aliphatic carbocycles. The molecule has 2 heterocycles. The van der Waals surface area contributed by atoms with Crippen molar-refractivity contribution >= 4 is 39.5 Å². The van der Waals surface area contributed by atoms with E-state index in [1.54, 1.807) is 41.5 Å². The Labute approximate surface area is 271 Å². The zero-order valence-corrected chi connectivity index (χ0v) is 27.7. The van der Waals surface area contributed by atoms with Gasteiger partial charge in [0.05, 0.1) is 54.7 Å². The van der Waals surface area contributed by atoms with Crippen molar-refractivity contribution in [1.82, 2.24) is 20.6 Å². The summed E-state index contributed by atoms with van der Waals surface area (Å²) in [6.07, 6.45) is -3.34. The van der Waals surface area contributed by atoms with E-state index in [4.69, 9.17) is 14.2 Å². The Morgan fingerprint density at radius 3 is 1.74 bits per heavy atom. The number of anilines is 2. The van der Waals surface area contributed by atoms with Crippen LogP contribution in [0, 0.1) is 11.6 Å². The van der Waals surface area contributed by atoms with Crippen LogP contribution in [0.2, 0.25) is 0 Å². The number of methoxy groups -OCH3 is 1. The lowest BCUT2D eigenvalue weighted by Gasteiger charge is -2.19. The van der Waals surface area contributed by atoms with Crippen molar-refractivity contribution in [2.75, 3.05) is 12.4 Å². The summed E-state index contributed by atoms with van der Waals surface area (Å²) in [5, 5.41) is 7.30. The van der Waals surface area contributed by atoms with Gasteiger partial charge in [0.2, 0.25) is 0 Å². The quantitative estimate of drug-likeness (QED) is 0.210. The molecule has 0 aliphatic rings. The molecule has 3 rings (SSSR count). The maximum atomic E-state index is 14.3. The highest BCUT2D eigenvalue weighted by atomic mass is 79.9. The minimum atomic E-state index is -4.64. The molecular weight excluding hydrogens is 685 g/mol. The predicted molar refractivity (Wildman–Crippen MR) is 164 cm³/mol. The van der Waals surface area contributed by atoms with E-state index in [1.807, 2.05) is 0 Å². The van der Waals surface area contributed by atoms with Crippen LogP contribution in [0.4, 0.5) is 42.9 Å². The fourth-order valence-corrected chi connectivity index (χ4v) is 3.63.